The minimum absolute atomic E-state index is 0.546. The summed E-state index contributed by atoms with van der Waals surface area (Å²) < 4.78 is 0. The topological polar surface area (TPSA) is 38.0 Å². The summed E-state index contributed by atoms with van der Waals surface area (Å²) >= 11 is 0. The zero-order valence-corrected chi connectivity index (χ0v) is 4.98. The molecule has 2 aliphatic heterocycles. The normalized spacial score (nSPS) is 51.4. The van der Waals surface area contributed by atoms with E-state index in [1.807, 2.05) is 0 Å². The highest BCUT2D eigenvalue weighted by atomic mass is 15.0. The van der Waals surface area contributed by atoms with Gasteiger partial charge in [0.25, 0.3) is 0 Å². The van der Waals surface area contributed by atoms with Gasteiger partial charge in [0.1, 0.15) is 0 Å². The molecular formula is C6H12N2. The largest absolute Gasteiger partial charge is 0.330 e. The van der Waals surface area contributed by atoms with Crippen LogP contribution in [0.15, 0.2) is 0 Å². The van der Waals surface area contributed by atoms with Crippen LogP contribution in [0.2, 0.25) is 0 Å². The van der Waals surface area contributed by atoms with Gasteiger partial charge < -0.3 is 11.1 Å². The quantitative estimate of drug-likeness (QED) is 0.488. The highest BCUT2D eigenvalue weighted by molar-refractivity contribution is 5.06. The third-order valence-electron chi connectivity index (χ3n) is 2.56. The Morgan fingerprint density at radius 3 is 2.62 bits per heavy atom. The van der Waals surface area contributed by atoms with Crippen LogP contribution >= 0.6 is 0 Å². The standard InChI is InChI=1S/C6H12N2/c7-3-6-1-5(2-6)8-4-6/h5,8H,1-4,7H2. The lowest BCUT2D eigenvalue weighted by Gasteiger charge is -2.35. The van der Waals surface area contributed by atoms with E-state index >= 15 is 0 Å². The molecule has 2 bridgehead atoms. The molecule has 3 rings (SSSR count). The first-order chi connectivity index (χ1) is 3.85. The number of hydrogen-bond donors (Lipinski definition) is 2. The van der Waals surface area contributed by atoms with Crippen LogP contribution in [0.3, 0.4) is 0 Å². The van der Waals surface area contributed by atoms with Crippen LogP contribution in [-0.2, 0) is 0 Å². The Hall–Kier alpha value is -0.0800. The van der Waals surface area contributed by atoms with E-state index in [0.29, 0.717) is 5.41 Å². The van der Waals surface area contributed by atoms with Crippen molar-refractivity contribution in [2.45, 2.75) is 18.9 Å². The fourth-order valence-electron chi connectivity index (χ4n) is 1.87. The van der Waals surface area contributed by atoms with Crippen molar-refractivity contribution in [2.75, 3.05) is 13.1 Å². The Kier molecular flexibility index (Phi) is 0.746. The van der Waals surface area contributed by atoms with Crippen LogP contribution < -0.4 is 11.1 Å². The third-order valence-corrected chi connectivity index (χ3v) is 2.56. The summed E-state index contributed by atoms with van der Waals surface area (Å²) in [6.45, 7) is 2.06. The fourth-order valence-corrected chi connectivity index (χ4v) is 1.87. The molecule has 0 spiro atoms. The van der Waals surface area contributed by atoms with Crippen molar-refractivity contribution >= 4 is 0 Å². The molecule has 0 amide bonds. The molecule has 0 aromatic rings. The molecular weight excluding hydrogens is 100 g/mol. The summed E-state index contributed by atoms with van der Waals surface area (Å²) in [5.74, 6) is 0. The van der Waals surface area contributed by atoms with Gasteiger partial charge in [-0.1, -0.05) is 0 Å². The van der Waals surface area contributed by atoms with Crippen LogP contribution in [0, 0.1) is 5.41 Å². The number of nitrogens with one attached hydrogen (secondary N) is 1. The number of hydrogen-bond acceptors (Lipinski definition) is 2. The predicted molar refractivity (Wildman–Crippen MR) is 32.5 cm³/mol. The van der Waals surface area contributed by atoms with E-state index in [1.165, 1.54) is 19.4 Å². The number of rotatable bonds is 1. The molecule has 0 unspecified atom stereocenters. The van der Waals surface area contributed by atoms with E-state index in [0.717, 1.165) is 12.6 Å². The Labute approximate surface area is 49.4 Å². The van der Waals surface area contributed by atoms with Gasteiger partial charge in [-0.05, 0) is 24.8 Å². The van der Waals surface area contributed by atoms with Crippen LogP contribution in [-0.4, -0.2) is 19.1 Å². The summed E-state index contributed by atoms with van der Waals surface area (Å²) in [6, 6.07) is 0.832. The second-order valence-corrected chi connectivity index (χ2v) is 3.19. The highest BCUT2D eigenvalue weighted by Gasteiger charge is 2.48. The van der Waals surface area contributed by atoms with E-state index in [-0.39, 0.29) is 0 Å². The van der Waals surface area contributed by atoms with E-state index in [9.17, 15) is 0 Å². The Morgan fingerprint density at radius 1 is 1.62 bits per heavy atom. The molecule has 2 heteroatoms. The molecule has 0 atom stereocenters. The van der Waals surface area contributed by atoms with Gasteiger partial charge in [-0.3, -0.25) is 0 Å². The first-order valence-corrected chi connectivity index (χ1v) is 3.28. The maximum Gasteiger partial charge on any atom is 0.00798 e. The lowest BCUT2D eigenvalue weighted by atomic mass is 9.70. The molecule has 1 aliphatic carbocycles. The molecule has 3 N–H and O–H groups in total. The Bertz CT molecular complexity index is 99.6. The van der Waals surface area contributed by atoms with Gasteiger partial charge in [-0.15, -0.1) is 0 Å². The summed E-state index contributed by atoms with van der Waals surface area (Å²) in [6.07, 6.45) is 2.67. The van der Waals surface area contributed by atoms with Crippen molar-refractivity contribution in [3.63, 3.8) is 0 Å². The van der Waals surface area contributed by atoms with Gasteiger partial charge >= 0.3 is 0 Å². The maximum atomic E-state index is 5.57. The van der Waals surface area contributed by atoms with E-state index in [2.05, 4.69) is 5.32 Å². The molecule has 2 saturated heterocycles. The summed E-state index contributed by atoms with van der Waals surface area (Å²) in [7, 11) is 0. The van der Waals surface area contributed by atoms with Gasteiger partial charge in [-0.25, -0.2) is 0 Å². The molecule has 2 heterocycles. The highest BCUT2D eigenvalue weighted by Crippen LogP contribution is 2.44. The van der Waals surface area contributed by atoms with Crippen LogP contribution in [0.4, 0.5) is 0 Å². The zero-order valence-electron chi connectivity index (χ0n) is 4.98. The lowest BCUT2D eigenvalue weighted by molar-refractivity contribution is 0.208. The summed E-state index contributed by atoms with van der Waals surface area (Å²) in [4.78, 5) is 0. The molecule has 3 aliphatic rings. The Balaban J connectivity index is 2.09. The van der Waals surface area contributed by atoms with Crippen molar-refractivity contribution in [3.8, 4) is 0 Å². The van der Waals surface area contributed by atoms with Crippen molar-refractivity contribution in [3.05, 3.63) is 0 Å². The van der Waals surface area contributed by atoms with Crippen molar-refractivity contribution in [2.24, 2.45) is 11.1 Å². The molecule has 46 valence electrons. The van der Waals surface area contributed by atoms with Crippen LogP contribution in [0.1, 0.15) is 12.8 Å². The summed E-state index contributed by atoms with van der Waals surface area (Å²) in [5.41, 5.74) is 6.11. The monoisotopic (exact) mass is 112 g/mol. The minimum atomic E-state index is 0.546. The van der Waals surface area contributed by atoms with Gasteiger partial charge in [-0.2, -0.15) is 0 Å². The second-order valence-electron chi connectivity index (χ2n) is 3.19. The molecule has 0 aromatic heterocycles. The van der Waals surface area contributed by atoms with Crippen LogP contribution in [0.25, 0.3) is 0 Å². The lowest BCUT2D eigenvalue weighted by Crippen LogP contribution is -2.39. The van der Waals surface area contributed by atoms with Gasteiger partial charge in [0, 0.05) is 12.6 Å². The van der Waals surface area contributed by atoms with Gasteiger partial charge in [0.05, 0.1) is 0 Å². The van der Waals surface area contributed by atoms with E-state index in [1.54, 1.807) is 0 Å². The SMILES string of the molecule is NCC12CNC(C1)C2. The van der Waals surface area contributed by atoms with Crippen molar-refractivity contribution in [1.29, 1.82) is 0 Å². The van der Waals surface area contributed by atoms with Crippen molar-refractivity contribution < 1.29 is 0 Å². The zero-order chi connectivity index (χ0) is 5.61. The first-order valence-electron chi connectivity index (χ1n) is 3.28. The molecule has 0 radical (unpaired) electrons. The van der Waals surface area contributed by atoms with E-state index in [4.69, 9.17) is 5.73 Å². The average molecular weight is 112 g/mol. The first kappa shape index (κ1) is 4.77. The minimum Gasteiger partial charge on any atom is -0.330 e. The number of nitrogens with two attached hydrogens (primary N) is 1. The third kappa shape index (κ3) is 0.400. The van der Waals surface area contributed by atoms with Gasteiger partial charge in [0.15, 0.2) is 0 Å². The Morgan fingerprint density at radius 2 is 2.38 bits per heavy atom. The van der Waals surface area contributed by atoms with E-state index < -0.39 is 0 Å². The maximum absolute atomic E-state index is 5.57. The molecule has 3 fully saturated rings. The average Bonchev–Trinajstić information content (AvgIpc) is 2.17. The number of fused-ring (bicyclic) bond motifs is 1. The second kappa shape index (κ2) is 1.25. The van der Waals surface area contributed by atoms with Gasteiger partial charge in [0.2, 0.25) is 0 Å². The van der Waals surface area contributed by atoms with Crippen molar-refractivity contribution in [1.82, 2.24) is 5.32 Å². The molecule has 0 aromatic carbocycles. The molecule has 8 heavy (non-hydrogen) atoms. The molecule has 1 saturated carbocycles. The smallest absolute Gasteiger partial charge is 0.00798 e. The van der Waals surface area contributed by atoms with Crippen LogP contribution in [0.5, 0.6) is 0 Å². The fraction of sp³-hybridized carbons (Fsp3) is 1.00. The molecule has 2 nitrogen and oxygen atoms in total. The summed E-state index contributed by atoms with van der Waals surface area (Å²) in [5, 5.41) is 3.41. The predicted octanol–water partition coefficient (Wildman–Crippen LogP) is -0.303.